The lowest BCUT2D eigenvalue weighted by atomic mass is 10.2. The molecule has 14 heavy (non-hydrogen) atoms. The van der Waals surface area contributed by atoms with Crippen molar-refractivity contribution < 1.29 is 4.42 Å². The summed E-state index contributed by atoms with van der Waals surface area (Å²) < 4.78 is 5.60. The molecule has 2 nitrogen and oxygen atoms in total. The van der Waals surface area contributed by atoms with Crippen molar-refractivity contribution in [1.29, 1.82) is 0 Å². The van der Waals surface area contributed by atoms with Crippen LogP contribution in [0.2, 0.25) is 0 Å². The van der Waals surface area contributed by atoms with Crippen LogP contribution in [0.5, 0.6) is 0 Å². The Hall–Kier alpha value is -0.0300. The molecule has 1 atom stereocenters. The van der Waals surface area contributed by atoms with Gasteiger partial charge in [-0.1, -0.05) is 22.6 Å². The molecule has 0 spiro atoms. The van der Waals surface area contributed by atoms with E-state index in [1.807, 2.05) is 17.9 Å². The molecule has 3 heteroatoms. The van der Waals surface area contributed by atoms with E-state index < -0.39 is 0 Å². The Morgan fingerprint density at radius 2 is 2.14 bits per heavy atom. The van der Waals surface area contributed by atoms with Crippen LogP contribution in [0, 0.1) is 6.92 Å². The van der Waals surface area contributed by atoms with Crippen molar-refractivity contribution in [3.63, 3.8) is 0 Å². The minimum Gasteiger partial charge on any atom is -0.465 e. The first-order chi connectivity index (χ1) is 6.77. The van der Waals surface area contributed by atoms with Crippen LogP contribution < -0.4 is 0 Å². The Bertz CT molecular complexity index is 272. The number of likely N-dealkylation sites (tertiary alicyclic amines) is 1. The molecule has 2 heterocycles. The van der Waals surface area contributed by atoms with Crippen molar-refractivity contribution in [1.82, 2.24) is 4.90 Å². The average molecular weight is 307 g/mol. The number of rotatable bonds is 1. The van der Waals surface area contributed by atoms with Crippen molar-refractivity contribution in [2.24, 2.45) is 0 Å². The van der Waals surface area contributed by atoms with E-state index in [0.717, 1.165) is 11.5 Å². The number of nitrogens with zero attached hydrogens (tertiary/aromatic N) is 1. The van der Waals surface area contributed by atoms with E-state index in [9.17, 15) is 0 Å². The summed E-state index contributed by atoms with van der Waals surface area (Å²) in [5.74, 6) is 2.15. The summed E-state index contributed by atoms with van der Waals surface area (Å²) in [6, 6.07) is 4.67. The summed E-state index contributed by atoms with van der Waals surface area (Å²) in [7, 11) is 2.16. The van der Waals surface area contributed by atoms with Gasteiger partial charge in [0.2, 0.25) is 0 Å². The molecule has 1 fully saturated rings. The maximum Gasteiger partial charge on any atom is 0.121 e. The van der Waals surface area contributed by atoms with Crippen LogP contribution in [0.15, 0.2) is 16.5 Å². The van der Waals surface area contributed by atoms with Crippen LogP contribution in [0.1, 0.15) is 30.4 Å². The van der Waals surface area contributed by atoms with Crippen molar-refractivity contribution in [2.75, 3.05) is 18.5 Å². The molecule has 0 aromatic carbocycles. The molecule has 1 aromatic rings. The van der Waals surface area contributed by atoms with Gasteiger partial charge in [0.1, 0.15) is 11.5 Å². The zero-order chi connectivity index (χ0) is 10.6. The summed E-state index contributed by atoms with van der Waals surface area (Å²) in [6.45, 7) is 3.20. The number of halogens is 1. The second-order valence-corrected chi connectivity index (χ2v) is 3.59. The molecule has 0 amide bonds. The number of alkyl halides is 1. The smallest absolute Gasteiger partial charge is 0.121 e. The Morgan fingerprint density at radius 1 is 1.43 bits per heavy atom. The van der Waals surface area contributed by atoms with Gasteiger partial charge in [-0.3, -0.25) is 4.90 Å². The van der Waals surface area contributed by atoms with E-state index in [1.165, 1.54) is 19.4 Å². The van der Waals surface area contributed by atoms with E-state index in [0.29, 0.717) is 6.04 Å². The molecular formula is C11H18INO. The summed E-state index contributed by atoms with van der Waals surface area (Å²) in [5.41, 5.74) is 0. The lowest BCUT2D eigenvalue weighted by Gasteiger charge is -2.16. The first kappa shape index (κ1) is 12.0. The number of hydrogen-bond donors (Lipinski definition) is 0. The molecule has 0 radical (unpaired) electrons. The van der Waals surface area contributed by atoms with Gasteiger partial charge >= 0.3 is 0 Å². The van der Waals surface area contributed by atoms with Crippen molar-refractivity contribution in [2.45, 2.75) is 25.8 Å². The molecule has 1 aromatic heterocycles. The zero-order valence-electron chi connectivity index (χ0n) is 9.09. The minimum atomic E-state index is 0.527. The predicted molar refractivity (Wildman–Crippen MR) is 68.0 cm³/mol. The maximum absolute atomic E-state index is 5.60. The zero-order valence-corrected chi connectivity index (χ0v) is 11.2. The van der Waals surface area contributed by atoms with E-state index in [2.05, 4.69) is 40.6 Å². The molecule has 0 aliphatic carbocycles. The first-order valence-corrected chi connectivity index (χ1v) is 7.07. The second kappa shape index (κ2) is 5.75. The van der Waals surface area contributed by atoms with Gasteiger partial charge in [0.15, 0.2) is 0 Å². The van der Waals surface area contributed by atoms with Gasteiger partial charge in [0.05, 0.1) is 6.04 Å². The van der Waals surface area contributed by atoms with Crippen LogP contribution in [-0.4, -0.2) is 23.4 Å². The quantitative estimate of drug-likeness (QED) is 0.584. The van der Waals surface area contributed by atoms with Gasteiger partial charge in [-0.15, -0.1) is 0 Å². The van der Waals surface area contributed by atoms with E-state index in [-0.39, 0.29) is 0 Å². The van der Waals surface area contributed by atoms with Crippen LogP contribution in [0.25, 0.3) is 0 Å². The number of hydrogen-bond acceptors (Lipinski definition) is 2. The van der Waals surface area contributed by atoms with Gasteiger partial charge in [-0.25, -0.2) is 0 Å². The molecule has 0 bridgehead atoms. The highest BCUT2D eigenvalue weighted by atomic mass is 127. The van der Waals surface area contributed by atoms with Gasteiger partial charge in [0.25, 0.3) is 0 Å². The Labute approximate surface area is 99.8 Å². The van der Waals surface area contributed by atoms with Crippen molar-refractivity contribution >= 4 is 22.6 Å². The molecule has 0 saturated carbocycles. The SMILES string of the molecule is CI.Cc1ccc(C2CCCN2C)o1. The van der Waals surface area contributed by atoms with E-state index >= 15 is 0 Å². The lowest BCUT2D eigenvalue weighted by Crippen LogP contribution is -2.16. The molecule has 80 valence electrons. The van der Waals surface area contributed by atoms with Crippen LogP contribution in [0.3, 0.4) is 0 Å². The molecule has 1 aliphatic rings. The topological polar surface area (TPSA) is 16.4 Å². The Balaban J connectivity index is 0.000000461. The molecular weight excluding hydrogens is 289 g/mol. The van der Waals surface area contributed by atoms with Crippen LogP contribution in [-0.2, 0) is 0 Å². The minimum absolute atomic E-state index is 0.527. The highest BCUT2D eigenvalue weighted by Crippen LogP contribution is 2.30. The lowest BCUT2D eigenvalue weighted by molar-refractivity contribution is 0.273. The predicted octanol–water partition coefficient (Wildman–Crippen LogP) is 3.41. The van der Waals surface area contributed by atoms with Gasteiger partial charge < -0.3 is 4.42 Å². The standard InChI is InChI=1S/C10H15NO.CH3I/c1-8-5-6-10(12-8)9-4-3-7-11(9)2;1-2/h5-6,9H,3-4,7H2,1-2H3;1H3. The molecule has 2 rings (SSSR count). The Kier molecular flexibility index (Phi) is 4.95. The fourth-order valence-corrected chi connectivity index (χ4v) is 1.90. The fraction of sp³-hybridized carbons (Fsp3) is 0.636. The number of aryl methyl sites for hydroxylation is 1. The summed E-state index contributed by atoms with van der Waals surface area (Å²) in [6.07, 6.45) is 2.53. The van der Waals surface area contributed by atoms with Gasteiger partial charge in [-0.05, 0) is 50.4 Å². The van der Waals surface area contributed by atoms with Crippen LogP contribution >= 0.6 is 22.6 Å². The third kappa shape index (κ3) is 2.73. The highest BCUT2D eigenvalue weighted by molar-refractivity contribution is 14.1. The molecule has 1 unspecified atom stereocenters. The summed E-state index contributed by atoms with van der Waals surface area (Å²) >= 11 is 2.15. The molecule has 0 N–H and O–H groups in total. The highest BCUT2D eigenvalue weighted by Gasteiger charge is 2.24. The average Bonchev–Trinajstić information content (AvgIpc) is 2.78. The van der Waals surface area contributed by atoms with Gasteiger partial charge in [-0.2, -0.15) is 0 Å². The maximum atomic E-state index is 5.60. The van der Waals surface area contributed by atoms with Gasteiger partial charge in [0, 0.05) is 0 Å². The monoisotopic (exact) mass is 307 g/mol. The third-order valence-corrected chi connectivity index (χ3v) is 2.61. The van der Waals surface area contributed by atoms with E-state index in [4.69, 9.17) is 4.42 Å². The third-order valence-electron chi connectivity index (χ3n) is 2.61. The first-order valence-electron chi connectivity index (χ1n) is 4.92. The summed E-state index contributed by atoms with van der Waals surface area (Å²) in [4.78, 5) is 4.33. The molecule has 1 aliphatic heterocycles. The van der Waals surface area contributed by atoms with E-state index in [1.54, 1.807) is 0 Å². The number of furan rings is 1. The van der Waals surface area contributed by atoms with Crippen LogP contribution in [0.4, 0.5) is 0 Å². The largest absolute Gasteiger partial charge is 0.465 e. The Morgan fingerprint density at radius 3 is 2.57 bits per heavy atom. The van der Waals surface area contributed by atoms with Crippen molar-refractivity contribution in [3.8, 4) is 0 Å². The second-order valence-electron chi connectivity index (χ2n) is 3.59. The fourth-order valence-electron chi connectivity index (χ4n) is 1.90. The molecule has 1 saturated heterocycles. The summed E-state index contributed by atoms with van der Waals surface area (Å²) in [5, 5.41) is 0. The van der Waals surface area contributed by atoms with Crippen molar-refractivity contribution in [3.05, 3.63) is 23.7 Å². The normalized spacial score (nSPS) is 21.9.